The summed E-state index contributed by atoms with van der Waals surface area (Å²) in [5.41, 5.74) is 0. The molecule has 1 aromatic heterocycles. The lowest BCUT2D eigenvalue weighted by molar-refractivity contribution is 0.600. The van der Waals surface area contributed by atoms with Gasteiger partial charge in [0.15, 0.2) is 5.96 Å². The van der Waals surface area contributed by atoms with Crippen molar-refractivity contribution in [2.75, 3.05) is 13.6 Å². The predicted molar refractivity (Wildman–Crippen MR) is 88.1 cm³/mol. The second-order valence-electron chi connectivity index (χ2n) is 3.25. The fourth-order valence-corrected chi connectivity index (χ4v) is 2.85. The molecule has 0 bridgehead atoms. The van der Waals surface area contributed by atoms with Gasteiger partial charge >= 0.3 is 0 Å². The van der Waals surface area contributed by atoms with E-state index in [0.29, 0.717) is 19.0 Å². The Hall–Kier alpha value is -0.830. The predicted octanol–water partition coefficient (Wildman–Crippen LogP) is 0.312. The van der Waals surface area contributed by atoms with E-state index in [-0.39, 0.29) is 28.2 Å². The zero-order valence-electron chi connectivity index (χ0n) is 10.2. The van der Waals surface area contributed by atoms with Crippen LogP contribution in [0.1, 0.15) is 4.88 Å². The van der Waals surface area contributed by atoms with Crippen LogP contribution in [0.25, 0.3) is 0 Å². The van der Waals surface area contributed by atoms with Gasteiger partial charge in [0.1, 0.15) is 4.21 Å². The van der Waals surface area contributed by atoms with Crippen molar-refractivity contribution in [3.8, 4) is 12.3 Å². The van der Waals surface area contributed by atoms with Gasteiger partial charge < -0.3 is 10.6 Å². The highest BCUT2D eigenvalue weighted by Gasteiger charge is 2.11. The Morgan fingerprint density at radius 3 is 2.68 bits per heavy atom. The Balaban J connectivity index is 0.00000324. The van der Waals surface area contributed by atoms with E-state index in [9.17, 15) is 8.42 Å². The number of hydrogen-bond donors (Lipinski definition) is 3. The van der Waals surface area contributed by atoms with Gasteiger partial charge in [-0.15, -0.1) is 41.7 Å². The molecule has 0 fully saturated rings. The minimum Gasteiger partial charge on any atom is -0.352 e. The molecular weight excluding hydrogens is 399 g/mol. The Morgan fingerprint density at radius 2 is 2.21 bits per heavy atom. The topological polar surface area (TPSA) is 96.6 Å². The SMILES string of the molecule is C#CCNC(=NC)NCc1ccc(S(N)(=O)=O)s1.I. The third-order valence-electron chi connectivity index (χ3n) is 1.93. The third-order valence-corrected chi connectivity index (χ3v) is 4.45. The number of halogens is 1. The molecule has 1 rings (SSSR count). The molecule has 1 aromatic rings. The van der Waals surface area contributed by atoms with Crippen LogP contribution in [0.2, 0.25) is 0 Å². The van der Waals surface area contributed by atoms with Gasteiger partial charge in [0.2, 0.25) is 10.0 Å². The van der Waals surface area contributed by atoms with E-state index >= 15 is 0 Å². The Kier molecular flexibility index (Phi) is 8.00. The molecule has 0 amide bonds. The van der Waals surface area contributed by atoms with Crippen LogP contribution in [-0.2, 0) is 16.6 Å². The number of primary sulfonamides is 1. The first-order valence-electron chi connectivity index (χ1n) is 4.97. The van der Waals surface area contributed by atoms with Gasteiger partial charge in [0.25, 0.3) is 0 Å². The maximum absolute atomic E-state index is 11.1. The van der Waals surface area contributed by atoms with Gasteiger partial charge in [-0.2, -0.15) is 0 Å². The van der Waals surface area contributed by atoms with Crippen LogP contribution < -0.4 is 15.8 Å². The largest absolute Gasteiger partial charge is 0.352 e. The highest BCUT2D eigenvalue weighted by Crippen LogP contribution is 2.19. The quantitative estimate of drug-likeness (QED) is 0.286. The van der Waals surface area contributed by atoms with E-state index in [2.05, 4.69) is 21.5 Å². The molecule has 0 aliphatic heterocycles. The summed E-state index contributed by atoms with van der Waals surface area (Å²) in [6.07, 6.45) is 5.12. The number of thiophene rings is 1. The number of guanidine groups is 1. The molecule has 4 N–H and O–H groups in total. The van der Waals surface area contributed by atoms with Crippen LogP contribution in [-0.4, -0.2) is 28.0 Å². The molecule has 19 heavy (non-hydrogen) atoms. The maximum Gasteiger partial charge on any atom is 0.247 e. The molecule has 0 spiro atoms. The van der Waals surface area contributed by atoms with E-state index in [1.807, 2.05) is 0 Å². The van der Waals surface area contributed by atoms with Gasteiger partial charge in [0, 0.05) is 11.9 Å². The van der Waals surface area contributed by atoms with Crippen molar-refractivity contribution >= 4 is 51.3 Å². The monoisotopic (exact) mass is 414 g/mol. The van der Waals surface area contributed by atoms with Crippen LogP contribution in [0.4, 0.5) is 0 Å². The number of sulfonamides is 1. The summed E-state index contributed by atoms with van der Waals surface area (Å²) in [7, 11) is -2.00. The highest BCUT2D eigenvalue weighted by molar-refractivity contribution is 14.0. The number of terminal acetylenes is 1. The molecule has 1 heterocycles. The summed E-state index contributed by atoms with van der Waals surface area (Å²) in [5.74, 6) is 2.98. The molecule has 0 aliphatic rings. The van der Waals surface area contributed by atoms with Gasteiger partial charge in [-0.1, -0.05) is 5.92 Å². The van der Waals surface area contributed by atoms with Crippen molar-refractivity contribution in [3.05, 3.63) is 17.0 Å². The minimum atomic E-state index is -3.62. The van der Waals surface area contributed by atoms with Gasteiger partial charge in [-0.25, -0.2) is 13.6 Å². The standard InChI is InChI=1S/C10H14N4O2S2.HI/c1-3-6-13-10(12-2)14-7-8-4-5-9(17-8)18(11,15)16;/h1,4-5H,6-7H2,2H3,(H2,11,15,16)(H2,12,13,14);1H. The molecule has 106 valence electrons. The lowest BCUT2D eigenvalue weighted by Crippen LogP contribution is -2.36. The van der Waals surface area contributed by atoms with E-state index in [0.717, 1.165) is 16.2 Å². The van der Waals surface area contributed by atoms with E-state index in [1.165, 1.54) is 6.07 Å². The molecular formula is C10H15IN4O2S2. The molecule has 6 nitrogen and oxygen atoms in total. The van der Waals surface area contributed by atoms with Gasteiger partial charge in [-0.05, 0) is 12.1 Å². The average Bonchev–Trinajstić information content (AvgIpc) is 2.78. The van der Waals surface area contributed by atoms with Crippen molar-refractivity contribution in [2.24, 2.45) is 10.1 Å². The van der Waals surface area contributed by atoms with Crippen molar-refractivity contribution in [2.45, 2.75) is 10.8 Å². The minimum absolute atomic E-state index is 0. The summed E-state index contributed by atoms with van der Waals surface area (Å²) in [5, 5.41) is 10.9. The smallest absolute Gasteiger partial charge is 0.247 e. The second-order valence-corrected chi connectivity index (χ2v) is 6.21. The first kappa shape index (κ1) is 18.2. The Bertz CT molecular complexity index is 575. The van der Waals surface area contributed by atoms with Crippen LogP contribution in [0.5, 0.6) is 0 Å². The van der Waals surface area contributed by atoms with Crippen LogP contribution in [0.15, 0.2) is 21.3 Å². The zero-order chi connectivity index (χ0) is 13.6. The molecule has 0 atom stereocenters. The van der Waals surface area contributed by atoms with Crippen LogP contribution >= 0.6 is 35.3 Å². The first-order valence-corrected chi connectivity index (χ1v) is 7.33. The summed E-state index contributed by atoms with van der Waals surface area (Å²) >= 11 is 1.12. The van der Waals surface area contributed by atoms with E-state index in [4.69, 9.17) is 11.6 Å². The van der Waals surface area contributed by atoms with Crippen molar-refractivity contribution in [3.63, 3.8) is 0 Å². The molecule has 0 saturated heterocycles. The summed E-state index contributed by atoms with van der Waals surface area (Å²) in [4.78, 5) is 4.79. The maximum atomic E-state index is 11.1. The number of hydrogen-bond acceptors (Lipinski definition) is 4. The number of nitrogens with two attached hydrogens (primary N) is 1. The van der Waals surface area contributed by atoms with Crippen molar-refractivity contribution < 1.29 is 8.42 Å². The summed E-state index contributed by atoms with van der Waals surface area (Å²) < 4.78 is 22.3. The molecule has 0 radical (unpaired) electrons. The lowest BCUT2D eigenvalue weighted by atomic mass is 10.5. The molecule has 9 heteroatoms. The van der Waals surface area contributed by atoms with Crippen LogP contribution in [0, 0.1) is 12.3 Å². The number of aliphatic imine (C=N–C) groups is 1. The van der Waals surface area contributed by atoms with Crippen LogP contribution in [0.3, 0.4) is 0 Å². The number of nitrogens with zero attached hydrogens (tertiary/aromatic N) is 1. The Labute approximate surface area is 134 Å². The fraction of sp³-hybridized carbons (Fsp3) is 0.300. The zero-order valence-corrected chi connectivity index (χ0v) is 14.2. The summed E-state index contributed by atoms with van der Waals surface area (Å²) in [6.45, 7) is 0.816. The van der Waals surface area contributed by atoms with Crippen molar-refractivity contribution in [1.29, 1.82) is 0 Å². The molecule has 0 saturated carbocycles. The molecule has 0 unspecified atom stereocenters. The summed E-state index contributed by atoms with van der Waals surface area (Å²) in [6, 6.07) is 3.18. The normalized spacial score (nSPS) is 11.3. The fourth-order valence-electron chi connectivity index (χ4n) is 1.13. The Morgan fingerprint density at radius 1 is 1.53 bits per heavy atom. The highest BCUT2D eigenvalue weighted by atomic mass is 127. The average molecular weight is 414 g/mol. The second kappa shape index (κ2) is 8.36. The van der Waals surface area contributed by atoms with Crippen molar-refractivity contribution in [1.82, 2.24) is 10.6 Å². The van der Waals surface area contributed by atoms with E-state index < -0.39 is 10.0 Å². The molecule has 0 aliphatic carbocycles. The van der Waals surface area contributed by atoms with Gasteiger partial charge in [-0.3, -0.25) is 4.99 Å². The first-order chi connectivity index (χ1) is 8.47. The number of nitrogens with one attached hydrogen (secondary N) is 2. The van der Waals surface area contributed by atoms with E-state index in [1.54, 1.807) is 13.1 Å². The van der Waals surface area contributed by atoms with Gasteiger partial charge in [0.05, 0.1) is 13.1 Å². The number of rotatable bonds is 4. The third kappa shape index (κ3) is 6.24. The lowest BCUT2D eigenvalue weighted by Gasteiger charge is -2.08. The molecule has 0 aromatic carbocycles.